The third kappa shape index (κ3) is 5.93. The Balaban J connectivity index is 1.73. The molecule has 0 radical (unpaired) electrons. The Morgan fingerprint density at radius 1 is 1.00 bits per heavy atom. The van der Waals surface area contributed by atoms with Crippen LogP contribution in [0.3, 0.4) is 0 Å². The Morgan fingerprint density at radius 3 is 2.40 bits per heavy atom. The predicted molar refractivity (Wildman–Crippen MR) is 152 cm³/mol. The molecule has 1 N–H and O–H groups in total. The third-order valence-electron chi connectivity index (χ3n) is 6.58. The van der Waals surface area contributed by atoms with E-state index in [1.54, 1.807) is 36.4 Å². The van der Waals surface area contributed by atoms with E-state index in [0.29, 0.717) is 39.6 Å². The molecule has 0 spiro atoms. The van der Waals surface area contributed by atoms with Gasteiger partial charge in [0.2, 0.25) is 0 Å². The molecule has 0 fully saturated rings. The van der Waals surface area contributed by atoms with Gasteiger partial charge in [0.25, 0.3) is 0 Å². The fourth-order valence-corrected chi connectivity index (χ4v) is 6.14. The van der Waals surface area contributed by atoms with E-state index in [9.17, 15) is 26.7 Å². The zero-order chi connectivity index (χ0) is 30.4. The number of aliphatic hydroxyl groups is 1. The highest BCUT2D eigenvalue weighted by molar-refractivity contribution is 7.90. The van der Waals surface area contributed by atoms with Crippen molar-refractivity contribution in [1.29, 1.82) is 0 Å². The zero-order valence-corrected chi connectivity index (χ0v) is 24.4. The average Bonchev–Trinajstić information content (AvgIpc) is 3.53. The number of hydrogen-bond acceptors (Lipinski definition) is 6. The maximum Gasteiger partial charge on any atom is 0.434 e. The summed E-state index contributed by atoms with van der Waals surface area (Å²) in [4.78, 5) is 3.56. The molecule has 0 amide bonds. The Hall–Kier alpha value is -3.71. The highest BCUT2D eigenvalue weighted by Crippen LogP contribution is 2.35. The first-order valence-electron chi connectivity index (χ1n) is 12.3. The molecule has 0 aliphatic rings. The highest BCUT2D eigenvalue weighted by atomic mass is 35.5. The van der Waals surface area contributed by atoms with Gasteiger partial charge in [0.15, 0.2) is 15.5 Å². The molecule has 3 aromatic carbocycles. The monoisotopic (exact) mass is 635 g/mol. The van der Waals surface area contributed by atoms with Crippen LogP contribution in [0.15, 0.2) is 71.9 Å². The molecule has 0 aliphatic heterocycles. The van der Waals surface area contributed by atoms with Gasteiger partial charge in [-0.05, 0) is 60.0 Å². The highest BCUT2D eigenvalue weighted by Gasteiger charge is 2.35. The number of rotatable bonds is 7. The summed E-state index contributed by atoms with van der Waals surface area (Å²) in [6.07, 6.45) is -0.866. The van der Waals surface area contributed by atoms with Crippen LogP contribution in [0.4, 0.5) is 13.2 Å². The minimum absolute atomic E-state index is 0.0451. The molecule has 0 saturated heterocycles. The molecule has 0 unspecified atom stereocenters. The van der Waals surface area contributed by atoms with Crippen molar-refractivity contribution < 1.29 is 26.7 Å². The van der Waals surface area contributed by atoms with Crippen molar-refractivity contribution >= 4 is 33.0 Å². The van der Waals surface area contributed by atoms with E-state index >= 15 is 0 Å². The summed E-state index contributed by atoms with van der Waals surface area (Å²) in [5, 5.41) is 18.6. The number of imidazole rings is 1. The van der Waals surface area contributed by atoms with E-state index in [1.165, 1.54) is 34.5 Å². The fourth-order valence-electron chi connectivity index (χ4n) is 4.63. The molecule has 5 rings (SSSR count). The lowest BCUT2D eigenvalue weighted by atomic mass is 10.0. The first kappa shape index (κ1) is 29.8. The van der Waals surface area contributed by atoms with Gasteiger partial charge in [-0.1, -0.05) is 46.6 Å². The van der Waals surface area contributed by atoms with Gasteiger partial charge in [-0.2, -0.15) is 13.2 Å². The van der Waals surface area contributed by atoms with Crippen LogP contribution in [0, 0.1) is 6.92 Å². The Morgan fingerprint density at radius 2 is 1.76 bits per heavy atom. The van der Waals surface area contributed by atoms with Gasteiger partial charge < -0.3 is 9.67 Å². The van der Waals surface area contributed by atoms with E-state index in [2.05, 4.69) is 15.3 Å². The summed E-state index contributed by atoms with van der Waals surface area (Å²) in [6, 6.07) is 14.9. The second kappa shape index (κ2) is 11.2. The number of aryl methyl sites for hydroxylation is 1. The SMILES string of the molecule is Cc1nc(C(F)(F)F)cn1-c1ccc(-c2cc(Cl)c(CO)c(S(C)(=O)=O)c2)cc1-n1nncc1Cc1cccc(Cl)c1. The number of hydrogen-bond donors (Lipinski definition) is 1. The first-order valence-corrected chi connectivity index (χ1v) is 15.0. The third-order valence-corrected chi connectivity index (χ3v) is 8.31. The molecule has 218 valence electrons. The molecule has 42 heavy (non-hydrogen) atoms. The summed E-state index contributed by atoms with van der Waals surface area (Å²) in [6.45, 7) is 0.867. The van der Waals surface area contributed by atoms with E-state index in [1.807, 2.05) is 6.07 Å². The second-order valence-corrected chi connectivity index (χ2v) is 12.4. The van der Waals surface area contributed by atoms with Gasteiger partial charge in [-0.25, -0.2) is 18.1 Å². The molecule has 14 heteroatoms. The van der Waals surface area contributed by atoms with Crippen LogP contribution < -0.4 is 0 Å². The first-order chi connectivity index (χ1) is 19.8. The van der Waals surface area contributed by atoms with Gasteiger partial charge in [0.05, 0.1) is 34.8 Å². The van der Waals surface area contributed by atoms with E-state index in [4.69, 9.17) is 23.2 Å². The maximum absolute atomic E-state index is 13.5. The molecular weight excluding hydrogens is 614 g/mol. The van der Waals surface area contributed by atoms with Gasteiger partial charge in [-0.15, -0.1) is 5.10 Å². The van der Waals surface area contributed by atoms with Crippen LogP contribution in [0.5, 0.6) is 0 Å². The Kier molecular flexibility index (Phi) is 7.92. The summed E-state index contributed by atoms with van der Waals surface area (Å²) in [5.41, 5.74) is 2.02. The number of halogens is 5. The van der Waals surface area contributed by atoms with Crippen LogP contribution in [-0.2, 0) is 29.0 Å². The van der Waals surface area contributed by atoms with Crippen molar-refractivity contribution in [2.75, 3.05) is 6.26 Å². The summed E-state index contributed by atoms with van der Waals surface area (Å²) in [7, 11) is -3.77. The van der Waals surface area contributed by atoms with Gasteiger partial charge in [-0.3, -0.25) is 0 Å². The van der Waals surface area contributed by atoms with E-state index in [0.717, 1.165) is 18.0 Å². The lowest BCUT2D eigenvalue weighted by Gasteiger charge is -2.17. The lowest BCUT2D eigenvalue weighted by Crippen LogP contribution is -2.09. The second-order valence-electron chi connectivity index (χ2n) is 9.55. The van der Waals surface area contributed by atoms with Crippen LogP contribution in [0.1, 0.15) is 28.3 Å². The molecule has 2 aromatic heterocycles. The summed E-state index contributed by atoms with van der Waals surface area (Å²) in [5.74, 6) is 0.0857. The molecule has 0 atom stereocenters. The minimum Gasteiger partial charge on any atom is -0.392 e. The normalized spacial score (nSPS) is 12.2. The van der Waals surface area contributed by atoms with Crippen LogP contribution >= 0.6 is 23.2 Å². The number of aliphatic hydroxyl groups excluding tert-OH is 1. The van der Waals surface area contributed by atoms with Crippen LogP contribution in [0.25, 0.3) is 22.5 Å². The molecule has 0 saturated carbocycles. The maximum atomic E-state index is 13.5. The number of sulfone groups is 1. The predicted octanol–water partition coefficient (Wildman–Crippen LogP) is 6.24. The largest absolute Gasteiger partial charge is 0.434 e. The smallest absolute Gasteiger partial charge is 0.392 e. The van der Waals surface area contributed by atoms with Crippen molar-refractivity contribution in [2.24, 2.45) is 0 Å². The summed E-state index contributed by atoms with van der Waals surface area (Å²) < 4.78 is 68.4. The molecular formula is C28H22Cl2F3N5O3S. The number of nitrogens with zero attached hydrogens (tertiary/aromatic N) is 5. The topological polar surface area (TPSA) is 103 Å². The quantitative estimate of drug-likeness (QED) is 0.227. The van der Waals surface area contributed by atoms with Gasteiger partial charge >= 0.3 is 6.18 Å². The lowest BCUT2D eigenvalue weighted by molar-refractivity contribution is -0.141. The fraction of sp³-hybridized carbons (Fsp3) is 0.179. The molecule has 8 nitrogen and oxygen atoms in total. The molecule has 0 aliphatic carbocycles. The Labute approximate surface area is 248 Å². The van der Waals surface area contributed by atoms with E-state index < -0.39 is 28.3 Å². The number of alkyl halides is 3. The zero-order valence-electron chi connectivity index (χ0n) is 22.1. The van der Waals surface area contributed by atoms with Gasteiger partial charge in [0.1, 0.15) is 5.82 Å². The van der Waals surface area contributed by atoms with Crippen molar-refractivity contribution in [2.45, 2.75) is 31.0 Å². The van der Waals surface area contributed by atoms with Crippen LogP contribution in [-0.4, -0.2) is 44.3 Å². The number of benzene rings is 3. The Bertz CT molecular complexity index is 1920. The van der Waals surface area contributed by atoms with Crippen molar-refractivity contribution in [1.82, 2.24) is 24.5 Å². The van der Waals surface area contributed by atoms with Crippen LogP contribution in [0.2, 0.25) is 10.0 Å². The van der Waals surface area contributed by atoms with E-state index in [-0.39, 0.29) is 21.3 Å². The average molecular weight is 636 g/mol. The molecule has 2 heterocycles. The van der Waals surface area contributed by atoms with Crippen molar-refractivity contribution in [3.05, 3.63) is 105 Å². The standard InChI is InChI=1S/C28H22Cl2F3N5O3S/c1-16-35-27(28(31,32)33)14-37(16)24-7-6-18(19-10-23(30)22(15-39)26(12-19)42(2,40)41)11-25(24)38-21(13-34-36-38)9-17-4-3-5-20(29)8-17/h3-8,10-14,39H,9,15H2,1-2H3. The minimum atomic E-state index is -4.66. The van der Waals surface area contributed by atoms with Crippen molar-refractivity contribution in [3.63, 3.8) is 0 Å². The number of aromatic nitrogens is 5. The molecule has 5 aromatic rings. The van der Waals surface area contributed by atoms with Crippen molar-refractivity contribution in [3.8, 4) is 22.5 Å². The molecule has 0 bridgehead atoms. The summed E-state index contributed by atoms with van der Waals surface area (Å²) >= 11 is 12.5. The van der Waals surface area contributed by atoms with Gasteiger partial charge in [0, 0.05) is 34.5 Å².